The number of carbonyl (C=O) groups is 1. The first-order valence-electron chi connectivity index (χ1n) is 7.41. The average Bonchev–Trinajstić information content (AvgIpc) is 2.65. The van der Waals surface area contributed by atoms with E-state index in [2.05, 4.69) is 20.6 Å². The second-order valence-electron chi connectivity index (χ2n) is 5.20. The van der Waals surface area contributed by atoms with E-state index < -0.39 is 0 Å². The lowest BCUT2D eigenvalue weighted by Crippen LogP contribution is -2.13. The van der Waals surface area contributed by atoms with E-state index in [-0.39, 0.29) is 11.5 Å². The molecule has 128 valence electrons. The number of benzene rings is 2. The second kappa shape index (κ2) is 7.83. The average molecular weight is 384 g/mol. The first-order chi connectivity index (χ1) is 12.5. The molecule has 1 amide bonds. The quantitative estimate of drug-likeness (QED) is 0.683. The molecule has 0 atom stereocenters. The van der Waals surface area contributed by atoms with E-state index >= 15 is 0 Å². The Labute approximate surface area is 159 Å². The number of amides is 1. The molecule has 0 spiro atoms. The fourth-order valence-corrected chi connectivity index (χ4v) is 2.38. The van der Waals surface area contributed by atoms with Crippen LogP contribution in [0, 0.1) is 11.3 Å². The number of anilines is 3. The van der Waals surface area contributed by atoms with Gasteiger partial charge >= 0.3 is 0 Å². The van der Waals surface area contributed by atoms with Crippen LogP contribution in [0.25, 0.3) is 0 Å². The second-order valence-corrected chi connectivity index (χ2v) is 6.01. The number of nitriles is 1. The van der Waals surface area contributed by atoms with Crippen molar-refractivity contribution in [2.24, 2.45) is 0 Å². The maximum atomic E-state index is 12.2. The number of rotatable bonds is 4. The third-order valence-corrected chi connectivity index (χ3v) is 4.08. The minimum Gasteiger partial charge on any atom is -0.324 e. The van der Waals surface area contributed by atoms with E-state index in [4.69, 9.17) is 28.5 Å². The zero-order chi connectivity index (χ0) is 18.5. The molecule has 3 aromatic rings. The van der Waals surface area contributed by atoms with Gasteiger partial charge in [0.2, 0.25) is 5.95 Å². The van der Waals surface area contributed by atoms with Gasteiger partial charge in [0.15, 0.2) is 0 Å². The largest absolute Gasteiger partial charge is 0.324 e. The lowest BCUT2D eigenvalue weighted by atomic mass is 10.2. The summed E-state index contributed by atoms with van der Waals surface area (Å²) < 4.78 is 0. The molecule has 2 aromatic carbocycles. The van der Waals surface area contributed by atoms with Crippen molar-refractivity contribution >= 4 is 46.4 Å². The van der Waals surface area contributed by atoms with Gasteiger partial charge in [-0.3, -0.25) is 4.79 Å². The number of nitrogens with one attached hydrogen (secondary N) is 2. The maximum Gasteiger partial charge on any atom is 0.258 e. The number of carbonyl (C=O) groups excluding carboxylic acids is 1. The van der Waals surface area contributed by atoms with E-state index in [0.717, 1.165) is 0 Å². The first-order valence-corrected chi connectivity index (χ1v) is 8.16. The van der Waals surface area contributed by atoms with Gasteiger partial charge in [-0.05, 0) is 36.4 Å². The summed E-state index contributed by atoms with van der Waals surface area (Å²) >= 11 is 11.8. The van der Waals surface area contributed by atoms with Crippen molar-refractivity contribution in [2.45, 2.75) is 0 Å². The highest BCUT2D eigenvalue weighted by Gasteiger charge is 2.09. The van der Waals surface area contributed by atoms with Crippen molar-refractivity contribution in [1.82, 2.24) is 9.97 Å². The zero-order valence-electron chi connectivity index (χ0n) is 13.2. The van der Waals surface area contributed by atoms with E-state index in [0.29, 0.717) is 32.9 Å². The molecule has 0 saturated carbocycles. The highest BCUT2D eigenvalue weighted by Crippen LogP contribution is 2.26. The van der Waals surface area contributed by atoms with Crippen LogP contribution >= 0.6 is 23.2 Å². The number of halogens is 2. The lowest BCUT2D eigenvalue weighted by Gasteiger charge is -2.07. The Morgan fingerprint density at radius 1 is 1.00 bits per heavy atom. The van der Waals surface area contributed by atoms with Gasteiger partial charge in [-0.1, -0.05) is 29.3 Å². The van der Waals surface area contributed by atoms with Crippen LogP contribution in [-0.2, 0) is 0 Å². The van der Waals surface area contributed by atoms with Gasteiger partial charge in [-0.25, -0.2) is 9.97 Å². The molecule has 8 heteroatoms. The summed E-state index contributed by atoms with van der Waals surface area (Å²) in [5.74, 6) is -0.0624. The predicted octanol–water partition coefficient (Wildman–Crippen LogP) is 4.65. The van der Waals surface area contributed by atoms with Crippen LogP contribution in [-0.4, -0.2) is 15.9 Å². The van der Waals surface area contributed by atoms with Crippen molar-refractivity contribution in [3.63, 3.8) is 0 Å². The molecule has 2 N–H and O–H groups in total. The third kappa shape index (κ3) is 4.28. The molecule has 0 aliphatic heterocycles. The number of hydrogen-bond acceptors (Lipinski definition) is 5. The fraction of sp³-hybridized carbons (Fsp3) is 0. The van der Waals surface area contributed by atoms with Crippen molar-refractivity contribution in [2.75, 3.05) is 10.6 Å². The molecule has 0 radical (unpaired) electrons. The normalized spacial score (nSPS) is 10.0. The number of nitrogens with zero attached hydrogens (tertiary/aromatic N) is 3. The summed E-state index contributed by atoms with van der Waals surface area (Å²) in [6, 6.07) is 13.7. The van der Waals surface area contributed by atoms with Crippen molar-refractivity contribution < 1.29 is 4.79 Å². The van der Waals surface area contributed by atoms with Gasteiger partial charge in [0.1, 0.15) is 0 Å². The van der Waals surface area contributed by atoms with Gasteiger partial charge in [0.25, 0.3) is 5.91 Å². The highest BCUT2D eigenvalue weighted by atomic mass is 35.5. The minimum atomic E-state index is -0.374. The van der Waals surface area contributed by atoms with E-state index in [9.17, 15) is 4.79 Å². The monoisotopic (exact) mass is 383 g/mol. The molecule has 1 heterocycles. The van der Waals surface area contributed by atoms with Gasteiger partial charge in [0, 0.05) is 23.8 Å². The van der Waals surface area contributed by atoms with Gasteiger partial charge in [-0.15, -0.1) is 0 Å². The van der Waals surface area contributed by atoms with Crippen LogP contribution in [0.2, 0.25) is 10.0 Å². The highest BCUT2D eigenvalue weighted by molar-refractivity contribution is 6.42. The Balaban J connectivity index is 1.69. The van der Waals surface area contributed by atoms with E-state index in [1.165, 1.54) is 12.4 Å². The summed E-state index contributed by atoms with van der Waals surface area (Å²) in [7, 11) is 0. The Hall–Kier alpha value is -3.14. The molecule has 0 aliphatic rings. The predicted molar refractivity (Wildman–Crippen MR) is 101 cm³/mol. The molecule has 1 aromatic heterocycles. The van der Waals surface area contributed by atoms with E-state index in [1.54, 1.807) is 42.5 Å². The summed E-state index contributed by atoms with van der Waals surface area (Å²) in [6.07, 6.45) is 2.80. The van der Waals surface area contributed by atoms with Crippen LogP contribution < -0.4 is 10.6 Å². The minimum absolute atomic E-state index is 0.284. The molecule has 6 nitrogen and oxygen atoms in total. The maximum absolute atomic E-state index is 12.2. The fourth-order valence-electron chi connectivity index (χ4n) is 2.08. The summed E-state index contributed by atoms with van der Waals surface area (Å²) in [4.78, 5) is 20.5. The van der Waals surface area contributed by atoms with Crippen LogP contribution in [0.4, 0.5) is 17.3 Å². The Kier molecular flexibility index (Phi) is 5.32. The van der Waals surface area contributed by atoms with Crippen LogP contribution in [0.3, 0.4) is 0 Å². The van der Waals surface area contributed by atoms with Gasteiger partial charge in [0.05, 0.1) is 27.2 Å². The Morgan fingerprint density at radius 2 is 1.77 bits per heavy atom. The van der Waals surface area contributed by atoms with Crippen LogP contribution in [0.1, 0.15) is 15.9 Å². The third-order valence-electron chi connectivity index (χ3n) is 3.34. The summed E-state index contributed by atoms with van der Waals surface area (Å²) in [6.45, 7) is 0. The molecule has 3 rings (SSSR count). The lowest BCUT2D eigenvalue weighted by molar-refractivity contribution is 0.102. The van der Waals surface area contributed by atoms with Crippen molar-refractivity contribution in [3.05, 3.63) is 76.0 Å². The molecule has 0 aliphatic carbocycles. The smallest absolute Gasteiger partial charge is 0.258 e. The summed E-state index contributed by atoms with van der Waals surface area (Å²) in [5, 5.41) is 15.4. The Morgan fingerprint density at radius 3 is 2.46 bits per heavy atom. The van der Waals surface area contributed by atoms with Crippen LogP contribution in [0.15, 0.2) is 54.9 Å². The molecule has 0 unspecified atom stereocenters. The number of hydrogen-bond donors (Lipinski definition) is 2. The van der Waals surface area contributed by atoms with Crippen LogP contribution in [0.5, 0.6) is 0 Å². The molecule has 26 heavy (non-hydrogen) atoms. The number of aromatic nitrogens is 2. The van der Waals surface area contributed by atoms with Crippen molar-refractivity contribution in [1.29, 1.82) is 5.26 Å². The van der Waals surface area contributed by atoms with Gasteiger partial charge in [-0.2, -0.15) is 5.26 Å². The van der Waals surface area contributed by atoms with Crippen molar-refractivity contribution in [3.8, 4) is 6.07 Å². The summed E-state index contributed by atoms with van der Waals surface area (Å²) in [5.41, 5.74) is 1.93. The topological polar surface area (TPSA) is 90.7 Å². The standard InChI is InChI=1S/C18H11Cl2N5O/c19-15-5-4-14(7-16(15)20)25-18-22-9-12(10-23-18)17(26)24-13-3-1-2-11(6-13)8-21/h1-7,9-10H,(H,24,26)(H,22,23,25). The Bertz CT molecular complexity index is 999. The SMILES string of the molecule is N#Cc1cccc(NC(=O)c2cnc(Nc3ccc(Cl)c(Cl)c3)nc2)c1. The molecular formula is C18H11Cl2N5O. The first kappa shape index (κ1) is 17.7. The molecular weight excluding hydrogens is 373 g/mol. The molecule has 0 bridgehead atoms. The van der Waals surface area contributed by atoms with E-state index in [1.807, 2.05) is 6.07 Å². The molecule has 0 saturated heterocycles. The zero-order valence-corrected chi connectivity index (χ0v) is 14.7. The van der Waals surface area contributed by atoms with Gasteiger partial charge < -0.3 is 10.6 Å². The molecule has 0 fully saturated rings.